The van der Waals surface area contributed by atoms with Crippen molar-refractivity contribution in [1.82, 2.24) is 9.88 Å². The average molecular weight is 368 g/mol. The van der Waals surface area contributed by atoms with Gasteiger partial charge in [-0.25, -0.2) is 0 Å². The van der Waals surface area contributed by atoms with Gasteiger partial charge < -0.3 is 9.88 Å². The predicted molar refractivity (Wildman–Crippen MR) is 112 cm³/mol. The maximum atomic E-state index is 6.29. The van der Waals surface area contributed by atoms with Gasteiger partial charge >= 0.3 is 0 Å². The summed E-state index contributed by atoms with van der Waals surface area (Å²) in [7, 11) is 0. The lowest BCUT2D eigenvalue weighted by Gasteiger charge is -2.37. The lowest BCUT2D eigenvalue weighted by Crippen LogP contribution is -2.47. The molecule has 0 amide bonds. The first-order valence-electron chi connectivity index (χ1n) is 9.42. The van der Waals surface area contributed by atoms with Crippen molar-refractivity contribution in [3.63, 3.8) is 0 Å². The molecular formula is C22H26ClN3. The quantitative estimate of drug-likeness (QED) is 0.715. The van der Waals surface area contributed by atoms with Gasteiger partial charge in [-0.3, -0.25) is 4.90 Å². The summed E-state index contributed by atoms with van der Waals surface area (Å²) in [6, 6.07) is 14.8. The second kappa shape index (κ2) is 7.34. The summed E-state index contributed by atoms with van der Waals surface area (Å²) in [6.45, 7) is 9.76. The van der Waals surface area contributed by atoms with E-state index in [9.17, 15) is 0 Å². The van der Waals surface area contributed by atoms with Crippen LogP contribution in [0.1, 0.15) is 16.8 Å². The summed E-state index contributed by atoms with van der Waals surface area (Å²) in [6.07, 6.45) is 1.10. The second-order valence-electron chi connectivity index (χ2n) is 7.24. The topological polar surface area (TPSA) is 22.3 Å². The third-order valence-electron chi connectivity index (χ3n) is 5.66. The van der Waals surface area contributed by atoms with Gasteiger partial charge in [-0.2, -0.15) is 0 Å². The van der Waals surface area contributed by atoms with Crippen molar-refractivity contribution in [2.75, 3.05) is 37.6 Å². The van der Waals surface area contributed by atoms with Gasteiger partial charge in [-0.15, -0.1) is 0 Å². The summed E-state index contributed by atoms with van der Waals surface area (Å²) in [5, 5.41) is 2.23. The van der Waals surface area contributed by atoms with Crippen LogP contribution in [0.3, 0.4) is 0 Å². The van der Waals surface area contributed by atoms with Crippen molar-refractivity contribution in [2.24, 2.45) is 0 Å². The fraction of sp³-hybridized carbons (Fsp3) is 0.364. The molecule has 4 rings (SSSR count). The maximum absolute atomic E-state index is 6.29. The number of fused-ring (bicyclic) bond motifs is 1. The molecule has 136 valence electrons. The SMILES string of the molecule is Cc1[nH]c2ccccc2c1CCN1CCN(c2cccc(Cl)c2C)CC1. The highest BCUT2D eigenvalue weighted by Gasteiger charge is 2.19. The Morgan fingerprint density at radius 1 is 0.962 bits per heavy atom. The van der Waals surface area contributed by atoms with Gasteiger partial charge in [0.05, 0.1) is 0 Å². The van der Waals surface area contributed by atoms with Crippen LogP contribution in [0.4, 0.5) is 5.69 Å². The minimum Gasteiger partial charge on any atom is -0.369 e. The summed E-state index contributed by atoms with van der Waals surface area (Å²) in [5.74, 6) is 0. The monoisotopic (exact) mass is 367 g/mol. The molecule has 0 radical (unpaired) electrons. The summed E-state index contributed by atoms with van der Waals surface area (Å²) < 4.78 is 0. The molecule has 3 nitrogen and oxygen atoms in total. The number of aromatic nitrogens is 1. The molecule has 2 heterocycles. The molecule has 0 unspecified atom stereocenters. The fourth-order valence-electron chi connectivity index (χ4n) is 4.08. The first-order valence-corrected chi connectivity index (χ1v) is 9.80. The second-order valence-corrected chi connectivity index (χ2v) is 7.64. The predicted octanol–water partition coefficient (Wildman–Crippen LogP) is 4.80. The number of H-pyrrole nitrogens is 1. The molecule has 0 spiro atoms. The molecule has 3 aromatic rings. The smallest absolute Gasteiger partial charge is 0.0458 e. The van der Waals surface area contributed by atoms with Gasteiger partial charge in [-0.05, 0) is 49.6 Å². The summed E-state index contributed by atoms with van der Waals surface area (Å²) >= 11 is 6.29. The van der Waals surface area contributed by atoms with Crippen LogP contribution in [0.25, 0.3) is 10.9 Å². The largest absolute Gasteiger partial charge is 0.369 e. The van der Waals surface area contributed by atoms with E-state index in [1.165, 1.54) is 33.4 Å². The van der Waals surface area contributed by atoms with Gasteiger partial charge in [-0.1, -0.05) is 35.9 Å². The van der Waals surface area contributed by atoms with Crippen LogP contribution in [0.5, 0.6) is 0 Å². The first-order chi connectivity index (χ1) is 12.6. The number of halogens is 1. The number of nitrogens with zero attached hydrogens (tertiary/aromatic N) is 2. The number of hydrogen-bond acceptors (Lipinski definition) is 2. The average Bonchev–Trinajstić information content (AvgIpc) is 2.98. The van der Waals surface area contributed by atoms with Crippen LogP contribution in [-0.4, -0.2) is 42.6 Å². The third kappa shape index (κ3) is 3.34. The molecule has 4 heteroatoms. The molecule has 0 atom stereocenters. The summed E-state index contributed by atoms with van der Waals surface area (Å²) in [5.41, 5.74) is 6.50. The number of piperazine rings is 1. The van der Waals surface area contributed by atoms with Gasteiger partial charge in [0.15, 0.2) is 0 Å². The van der Waals surface area contributed by atoms with Crippen LogP contribution in [0, 0.1) is 13.8 Å². The van der Waals surface area contributed by atoms with Crippen LogP contribution >= 0.6 is 11.6 Å². The highest BCUT2D eigenvalue weighted by atomic mass is 35.5. The molecule has 2 aromatic carbocycles. The highest BCUT2D eigenvalue weighted by molar-refractivity contribution is 6.31. The van der Waals surface area contributed by atoms with E-state index in [1.54, 1.807) is 0 Å². The molecule has 26 heavy (non-hydrogen) atoms. The van der Waals surface area contributed by atoms with Crippen LogP contribution in [0.2, 0.25) is 5.02 Å². The lowest BCUT2D eigenvalue weighted by atomic mass is 10.1. The number of anilines is 1. The van der Waals surface area contributed by atoms with Crippen LogP contribution in [0.15, 0.2) is 42.5 Å². The number of hydrogen-bond donors (Lipinski definition) is 1. The zero-order valence-corrected chi connectivity index (χ0v) is 16.3. The van der Waals surface area contributed by atoms with E-state index in [4.69, 9.17) is 11.6 Å². The maximum Gasteiger partial charge on any atom is 0.0458 e. The molecule has 0 bridgehead atoms. The minimum atomic E-state index is 0.861. The van der Waals surface area contributed by atoms with Crippen LogP contribution < -0.4 is 4.90 Å². The molecule has 0 aliphatic carbocycles. The Bertz CT molecular complexity index is 907. The van der Waals surface area contributed by atoms with E-state index in [2.05, 4.69) is 65.0 Å². The molecule has 1 aromatic heterocycles. The zero-order valence-electron chi connectivity index (χ0n) is 15.6. The van der Waals surface area contributed by atoms with Crippen molar-refractivity contribution in [1.29, 1.82) is 0 Å². The van der Waals surface area contributed by atoms with Crippen molar-refractivity contribution in [3.8, 4) is 0 Å². The number of para-hydroxylation sites is 1. The minimum absolute atomic E-state index is 0.861. The van der Waals surface area contributed by atoms with Gasteiger partial charge in [0.2, 0.25) is 0 Å². The Kier molecular flexibility index (Phi) is 4.92. The normalized spacial score (nSPS) is 15.7. The highest BCUT2D eigenvalue weighted by Crippen LogP contribution is 2.27. The van der Waals surface area contributed by atoms with Gasteiger partial charge in [0.25, 0.3) is 0 Å². The Labute approximate surface area is 160 Å². The van der Waals surface area contributed by atoms with Crippen LogP contribution in [-0.2, 0) is 6.42 Å². The van der Waals surface area contributed by atoms with Crippen molar-refractivity contribution in [3.05, 3.63) is 64.3 Å². The molecule has 1 N–H and O–H groups in total. The molecular weight excluding hydrogens is 342 g/mol. The van der Waals surface area contributed by atoms with Crippen molar-refractivity contribution in [2.45, 2.75) is 20.3 Å². The fourth-order valence-corrected chi connectivity index (χ4v) is 4.25. The Hall–Kier alpha value is -1.97. The number of benzene rings is 2. The first kappa shape index (κ1) is 17.4. The molecule has 1 aliphatic rings. The zero-order chi connectivity index (χ0) is 18.1. The van der Waals surface area contributed by atoms with E-state index in [-0.39, 0.29) is 0 Å². The van der Waals surface area contributed by atoms with E-state index in [0.29, 0.717) is 0 Å². The molecule has 1 saturated heterocycles. The third-order valence-corrected chi connectivity index (χ3v) is 6.07. The van der Waals surface area contributed by atoms with E-state index >= 15 is 0 Å². The Balaban J connectivity index is 1.38. The number of aromatic amines is 1. The van der Waals surface area contributed by atoms with Gasteiger partial charge in [0, 0.05) is 60.0 Å². The number of aryl methyl sites for hydroxylation is 1. The molecule has 1 aliphatic heterocycles. The van der Waals surface area contributed by atoms with E-state index in [1.807, 2.05) is 6.07 Å². The summed E-state index contributed by atoms with van der Waals surface area (Å²) in [4.78, 5) is 8.56. The van der Waals surface area contributed by atoms with E-state index in [0.717, 1.165) is 44.2 Å². The van der Waals surface area contributed by atoms with Gasteiger partial charge in [0.1, 0.15) is 0 Å². The Morgan fingerprint density at radius 3 is 2.54 bits per heavy atom. The lowest BCUT2D eigenvalue weighted by molar-refractivity contribution is 0.261. The molecule has 1 fully saturated rings. The van der Waals surface area contributed by atoms with Crippen molar-refractivity contribution >= 4 is 28.2 Å². The van der Waals surface area contributed by atoms with Crippen molar-refractivity contribution < 1.29 is 0 Å². The number of rotatable bonds is 4. The molecule has 0 saturated carbocycles. The number of nitrogens with one attached hydrogen (secondary N) is 1. The van der Waals surface area contributed by atoms with E-state index < -0.39 is 0 Å². The Morgan fingerprint density at radius 2 is 1.73 bits per heavy atom. The standard InChI is InChI=1S/C22H26ClN3/c1-16-20(23)7-5-9-22(16)26-14-12-25(13-15-26)11-10-18-17(2)24-21-8-4-3-6-19(18)21/h3-9,24H,10-15H2,1-2H3.